The number of anilines is 1. The Balaban J connectivity index is 1.55. The van der Waals surface area contributed by atoms with Gasteiger partial charge in [-0.25, -0.2) is 17.5 Å². The predicted molar refractivity (Wildman–Crippen MR) is 112 cm³/mol. The molecule has 0 aromatic heterocycles. The molecule has 0 aliphatic heterocycles. The molecule has 2 aromatic carbocycles. The highest BCUT2D eigenvalue weighted by Crippen LogP contribution is 2.33. The highest BCUT2D eigenvalue weighted by Gasteiger charge is 2.34. The molecule has 3 rings (SSSR count). The Morgan fingerprint density at radius 2 is 1.66 bits per heavy atom. The van der Waals surface area contributed by atoms with Crippen molar-refractivity contribution in [3.05, 3.63) is 59.4 Å². The Bertz CT molecular complexity index is 1050. The van der Waals surface area contributed by atoms with Crippen LogP contribution in [0.25, 0.3) is 0 Å². The number of hydrogen-bond acceptors (Lipinski definition) is 3. The van der Waals surface area contributed by atoms with Crippen LogP contribution in [0.2, 0.25) is 0 Å². The van der Waals surface area contributed by atoms with Gasteiger partial charge in [-0.1, -0.05) is 31.4 Å². The minimum atomic E-state index is -4.86. The summed E-state index contributed by atoms with van der Waals surface area (Å²) >= 11 is 0. The Morgan fingerprint density at radius 1 is 1.00 bits per heavy atom. The van der Waals surface area contributed by atoms with Crippen LogP contribution in [0.3, 0.4) is 0 Å². The minimum Gasteiger partial charge on any atom is -0.326 e. The summed E-state index contributed by atoms with van der Waals surface area (Å²) in [6.07, 6.45) is 0.133. The number of hydrogen-bond donors (Lipinski definition) is 2. The molecule has 174 valence electrons. The van der Waals surface area contributed by atoms with Gasteiger partial charge in [-0.05, 0) is 55.2 Å². The molecule has 2 aromatic rings. The van der Waals surface area contributed by atoms with Crippen LogP contribution in [-0.2, 0) is 27.4 Å². The average molecular weight is 473 g/mol. The fraction of sp³-hybridized carbons (Fsp3) is 0.409. The first-order chi connectivity index (χ1) is 15.0. The summed E-state index contributed by atoms with van der Waals surface area (Å²) in [4.78, 5) is 12.2. The van der Waals surface area contributed by atoms with E-state index in [1.807, 2.05) is 0 Å². The van der Waals surface area contributed by atoms with Crippen molar-refractivity contribution in [1.29, 1.82) is 0 Å². The molecule has 32 heavy (non-hydrogen) atoms. The lowest BCUT2D eigenvalue weighted by atomic mass is 9.96. The molecule has 1 amide bonds. The number of halogens is 4. The topological polar surface area (TPSA) is 75.3 Å². The molecule has 1 aliphatic carbocycles. The average Bonchev–Trinajstić information content (AvgIpc) is 2.73. The van der Waals surface area contributed by atoms with Gasteiger partial charge in [0.05, 0.1) is 10.5 Å². The minimum absolute atomic E-state index is 0.0366. The molecule has 5 nitrogen and oxygen atoms in total. The zero-order valence-electron chi connectivity index (χ0n) is 17.2. The summed E-state index contributed by atoms with van der Waals surface area (Å²) in [6.45, 7) is 0. The maximum Gasteiger partial charge on any atom is 0.419 e. The SMILES string of the molecule is O=C(CCc1ccc(S(=O)(=O)NC2CCCCC2)cc1)Nc1ccc(F)c(C(F)(F)F)c1. The smallest absolute Gasteiger partial charge is 0.326 e. The van der Waals surface area contributed by atoms with Gasteiger partial charge < -0.3 is 5.32 Å². The van der Waals surface area contributed by atoms with Gasteiger partial charge in [0.25, 0.3) is 0 Å². The molecule has 1 saturated carbocycles. The van der Waals surface area contributed by atoms with Gasteiger partial charge in [-0.15, -0.1) is 0 Å². The van der Waals surface area contributed by atoms with E-state index in [4.69, 9.17) is 0 Å². The highest BCUT2D eigenvalue weighted by atomic mass is 32.2. The lowest BCUT2D eigenvalue weighted by Gasteiger charge is -2.22. The van der Waals surface area contributed by atoms with Gasteiger partial charge >= 0.3 is 6.18 Å². The second-order valence-corrected chi connectivity index (χ2v) is 9.55. The summed E-state index contributed by atoms with van der Waals surface area (Å²) < 4.78 is 79.5. The molecule has 0 heterocycles. The summed E-state index contributed by atoms with van der Waals surface area (Å²) in [5, 5.41) is 2.32. The number of nitrogens with one attached hydrogen (secondary N) is 2. The maximum atomic E-state index is 13.3. The third-order valence-corrected chi connectivity index (χ3v) is 6.89. The molecule has 0 atom stereocenters. The third kappa shape index (κ3) is 6.52. The van der Waals surface area contributed by atoms with E-state index in [0.717, 1.165) is 38.2 Å². The number of aryl methyl sites for hydroxylation is 1. The van der Waals surface area contributed by atoms with Crippen molar-refractivity contribution < 1.29 is 30.8 Å². The van der Waals surface area contributed by atoms with Crippen LogP contribution >= 0.6 is 0 Å². The molecule has 0 spiro atoms. The predicted octanol–water partition coefficient (Wildman–Crippen LogP) is 5.03. The molecular formula is C22H24F4N2O3S. The second kappa shape index (κ2) is 9.99. The monoisotopic (exact) mass is 472 g/mol. The van der Waals surface area contributed by atoms with Crippen molar-refractivity contribution in [1.82, 2.24) is 4.72 Å². The summed E-state index contributed by atoms with van der Waals surface area (Å²) in [5.41, 5.74) is -0.903. The van der Waals surface area contributed by atoms with Gasteiger partial charge in [-0.2, -0.15) is 13.2 Å². The first-order valence-corrected chi connectivity index (χ1v) is 11.8. The second-order valence-electron chi connectivity index (χ2n) is 7.84. The van der Waals surface area contributed by atoms with E-state index in [1.165, 1.54) is 12.1 Å². The van der Waals surface area contributed by atoms with E-state index in [2.05, 4.69) is 10.0 Å². The number of benzene rings is 2. The number of carbonyl (C=O) groups excluding carboxylic acids is 1. The van der Waals surface area contributed by atoms with Crippen LogP contribution in [0.4, 0.5) is 23.2 Å². The fourth-order valence-electron chi connectivity index (χ4n) is 3.64. The van der Waals surface area contributed by atoms with Crippen molar-refractivity contribution >= 4 is 21.6 Å². The fourth-order valence-corrected chi connectivity index (χ4v) is 4.95. The van der Waals surface area contributed by atoms with Crippen molar-refractivity contribution in [3.63, 3.8) is 0 Å². The van der Waals surface area contributed by atoms with E-state index < -0.39 is 33.5 Å². The van der Waals surface area contributed by atoms with Crippen LogP contribution in [-0.4, -0.2) is 20.4 Å². The molecule has 0 saturated heterocycles. The number of alkyl halides is 3. The van der Waals surface area contributed by atoms with Crippen LogP contribution in [0.5, 0.6) is 0 Å². The van der Waals surface area contributed by atoms with Gasteiger partial charge in [-0.3, -0.25) is 4.79 Å². The van der Waals surface area contributed by atoms with Gasteiger partial charge in [0, 0.05) is 18.2 Å². The van der Waals surface area contributed by atoms with Crippen molar-refractivity contribution in [2.75, 3.05) is 5.32 Å². The number of rotatable bonds is 7. The quantitative estimate of drug-likeness (QED) is 0.556. The highest BCUT2D eigenvalue weighted by molar-refractivity contribution is 7.89. The summed E-state index contributed by atoms with van der Waals surface area (Å²) in [5.74, 6) is -1.95. The summed E-state index contributed by atoms with van der Waals surface area (Å²) in [7, 11) is -3.62. The van der Waals surface area contributed by atoms with Crippen molar-refractivity contribution in [2.24, 2.45) is 0 Å². The molecule has 1 aliphatic rings. The Kier molecular flexibility index (Phi) is 7.55. The molecule has 10 heteroatoms. The van der Waals surface area contributed by atoms with Gasteiger partial charge in [0.15, 0.2) is 0 Å². The number of sulfonamides is 1. The Hall–Kier alpha value is -2.46. The van der Waals surface area contributed by atoms with Crippen molar-refractivity contribution in [2.45, 2.75) is 62.1 Å². The van der Waals surface area contributed by atoms with E-state index in [1.54, 1.807) is 12.1 Å². The molecule has 2 N–H and O–H groups in total. The Labute approximate surface area is 184 Å². The standard InChI is InChI=1S/C22H24F4N2O3S/c23-20-12-9-17(14-19(20)22(24,25)26)27-21(29)13-8-15-6-10-18(11-7-15)32(30,31)28-16-4-2-1-3-5-16/h6-7,9-12,14,16,28H,1-5,8,13H2,(H,27,29). The molecule has 0 unspecified atom stereocenters. The summed E-state index contributed by atoms with van der Waals surface area (Å²) in [6, 6.07) is 8.33. The van der Waals surface area contributed by atoms with Gasteiger partial charge in [0.1, 0.15) is 5.82 Å². The molecule has 0 bridgehead atoms. The lowest BCUT2D eigenvalue weighted by molar-refractivity contribution is -0.140. The van der Waals surface area contributed by atoms with E-state index in [9.17, 15) is 30.8 Å². The zero-order valence-corrected chi connectivity index (χ0v) is 18.0. The number of carbonyl (C=O) groups is 1. The van der Waals surface area contributed by atoms with E-state index >= 15 is 0 Å². The molecule has 1 fully saturated rings. The Morgan fingerprint density at radius 3 is 2.28 bits per heavy atom. The van der Waals surface area contributed by atoms with Crippen molar-refractivity contribution in [3.8, 4) is 0 Å². The first-order valence-electron chi connectivity index (χ1n) is 10.3. The van der Waals surface area contributed by atoms with Crippen LogP contribution in [0.15, 0.2) is 47.4 Å². The first kappa shape index (κ1) is 24.2. The van der Waals surface area contributed by atoms with E-state index in [0.29, 0.717) is 17.7 Å². The maximum absolute atomic E-state index is 13.3. The number of amides is 1. The zero-order chi connectivity index (χ0) is 23.4. The lowest BCUT2D eigenvalue weighted by Crippen LogP contribution is -2.36. The normalized spacial score (nSPS) is 15.5. The van der Waals surface area contributed by atoms with Gasteiger partial charge in [0.2, 0.25) is 15.9 Å². The third-order valence-electron chi connectivity index (χ3n) is 5.36. The van der Waals surface area contributed by atoms with Crippen LogP contribution in [0, 0.1) is 5.82 Å². The molecule has 0 radical (unpaired) electrons. The van der Waals surface area contributed by atoms with Crippen LogP contribution < -0.4 is 10.0 Å². The van der Waals surface area contributed by atoms with E-state index in [-0.39, 0.29) is 29.5 Å². The largest absolute Gasteiger partial charge is 0.419 e. The molecular weight excluding hydrogens is 448 g/mol. The van der Waals surface area contributed by atoms with Crippen LogP contribution in [0.1, 0.15) is 49.7 Å².